The summed E-state index contributed by atoms with van der Waals surface area (Å²) in [5.41, 5.74) is 0. The Balaban J connectivity index is 2.57. The van der Waals surface area contributed by atoms with Gasteiger partial charge in [0.1, 0.15) is 0 Å². The first-order chi connectivity index (χ1) is 7.81. The summed E-state index contributed by atoms with van der Waals surface area (Å²) in [5.74, 6) is 0. The third-order valence-electron chi connectivity index (χ3n) is 2.70. The van der Waals surface area contributed by atoms with Gasteiger partial charge in [0.05, 0.1) is 6.10 Å². The lowest BCUT2D eigenvalue weighted by Gasteiger charge is -2.26. The molecular weight excluding hydrogens is 218 g/mol. The van der Waals surface area contributed by atoms with E-state index in [2.05, 4.69) is 43.6 Å². The number of nitrogens with one attached hydrogen (secondary N) is 1. The van der Waals surface area contributed by atoms with Crippen molar-refractivity contribution in [3.63, 3.8) is 0 Å². The Hall–Kier alpha value is -0.380. The molecule has 0 bridgehead atoms. The second-order valence-corrected chi connectivity index (χ2v) is 4.88. The van der Waals surface area contributed by atoms with Crippen molar-refractivity contribution >= 4 is 11.3 Å². The summed E-state index contributed by atoms with van der Waals surface area (Å²) >= 11 is 1.83. The summed E-state index contributed by atoms with van der Waals surface area (Å²) in [6, 6.07) is 4.76. The molecule has 1 aromatic rings. The third kappa shape index (κ3) is 4.24. The van der Waals surface area contributed by atoms with E-state index in [1.54, 1.807) is 0 Å². The zero-order valence-corrected chi connectivity index (χ0v) is 11.3. The van der Waals surface area contributed by atoms with Gasteiger partial charge in [-0.25, -0.2) is 0 Å². The number of hydrogen-bond acceptors (Lipinski definition) is 3. The van der Waals surface area contributed by atoms with E-state index >= 15 is 0 Å². The minimum Gasteiger partial charge on any atom is -0.377 e. The van der Waals surface area contributed by atoms with Crippen molar-refractivity contribution in [2.75, 3.05) is 13.2 Å². The summed E-state index contributed by atoms with van der Waals surface area (Å²) in [7, 11) is 0. The number of hydrogen-bond donors (Lipinski definition) is 1. The van der Waals surface area contributed by atoms with Gasteiger partial charge in [0.15, 0.2) is 0 Å². The van der Waals surface area contributed by atoms with Crippen LogP contribution in [0.15, 0.2) is 17.5 Å². The van der Waals surface area contributed by atoms with Crippen molar-refractivity contribution in [3.8, 4) is 0 Å². The topological polar surface area (TPSA) is 21.3 Å². The van der Waals surface area contributed by atoms with Gasteiger partial charge in [-0.1, -0.05) is 19.9 Å². The Morgan fingerprint density at radius 2 is 2.19 bits per heavy atom. The molecule has 1 heterocycles. The molecule has 2 unspecified atom stereocenters. The predicted molar refractivity (Wildman–Crippen MR) is 71.2 cm³/mol. The second-order valence-electron chi connectivity index (χ2n) is 3.85. The highest BCUT2D eigenvalue weighted by Crippen LogP contribution is 2.15. The van der Waals surface area contributed by atoms with E-state index in [0.717, 1.165) is 26.0 Å². The summed E-state index contributed by atoms with van der Waals surface area (Å²) in [6.07, 6.45) is 2.47. The maximum absolute atomic E-state index is 5.80. The van der Waals surface area contributed by atoms with Gasteiger partial charge < -0.3 is 10.1 Å². The molecule has 0 amide bonds. The molecule has 0 radical (unpaired) electrons. The van der Waals surface area contributed by atoms with Crippen LogP contribution in [0.3, 0.4) is 0 Å². The van der Waals surface area contributed by atoms with E-state index in [-0.39, 0.29) is 0 Å². The SMILES string of the molecule is CCNC(Cc1cccs1)C(CC)OCC. The molecule has 1 rings (SSSR count). The van der Waals surface area contributed by atoms with Crippen molar-refractivity contribution in [2.45, 2.75) is 45.8 Å². The lowest BCUT2D eigenvalue weighted by molar-refractivity contribution is 0.0325. The molecule has 0 aromatic carbocycles. The fourth-order valence-electron chi connectivity index (χ4n) is 1.98. The maximum atomic E-state index is 5.80. The number of ether oxygens (including phenoxy) is 1. The van der Waals surface area contributed by atoms with Crippen molar-refractivity contribution in [1.29, 1.82) is 0 Å². The molecule has 0 saturated heterocycles. The summed E-state index contributed by atoms with van der Waals surface area (Å²) in [6.45, 7) is 8.21. The van der Waals surface area contributed by atoms with Crippen molar-refractivity contribution < 1.29 is 4.74 Å². The predicted octanol–water partition coefficient (Wildman–Crippen LogP) is 3.08. The Morgan fingerprint density at radius 3 is 2.69 bits per heavy atom. The van der Waals surface area contributed by atoms with Crippen LogP contribution >= 0.6 is 11.3 Å². The molecule has 2 atom stereocenters. The van der Waals surface area contributed by atoms with Crippen LogP contribution < -0.4 is 5.32 Å². The van der Waals surface area contributed by atoms with Gasteiger partial charge in [0.2, 0.25) is 0 Å². The molecule has 0 fully saturated rings. The molecule has 3 heteroatoms. The first kappa shape index (κ1) is 13.7. The molecule has 0 saturated carbocycles. The maximum Gasteiger partial charge on any atom is 0.0728 e. The van der Waals surface area contributed by atoms with Gasteiger partial charge in [0, 0.05) is 17.5 Å². The highest BCUT2D eigenvalue weighted by atomic mass is 32.1. The van der Waals surface area contributed by atoms with Gasteiger partial charge in [-0.05, 0) is 37.8 Å². The van der Waals surface area contributed by atoms with Crippen LogP contribution in [-0.4, -0.2) is 25.3 Å². The van der Waals surface area contributed by atoms with Crippen LogP contribution in [0.5, 0.6) is 0 Å². The average molecular weight is 241 g/mol. The van der Waals surface area contributed by atoms with Crippen molar-refractivity contribution in [3.05, 3.63) is 22.4 Å². The van der Waals surface area contributed by atoms with Crippen LogP contribution in [0, 0.1) is 0 Å². The Bertz CT molecular complexity index is 261. The van der Waals surface area contributed by atoms with Gasteiger partial charge >= 0.3 is 0 Å². The fourth-order valence-corrected chi connectivity index (χ4v) is 2.74. The number of rotatable bonds is 8. The van der Waals surface area contributed by atoms with E-state index in [0.29, 0.717) is 12.1 Å². The lowest BCUT2D eigenvalue weighted by atomic mass is 10.0. The Kier molecular flexibility index (Phi) is 6.69. The molecule has 1 aromatic heterocycles. The van der Waals surface area contributed by atoms with Crippen LogP contribution in [0.4, 0.5) is 0 Å². The molecule has 0 aliphatic rings. The molecular formula is C13H23NOS. The monoisotopic (exact) mass is 241 g/mol. The van der Waals surface area contributed by atoms with Gasteiger partial charge in [-0.2, -0.15) is 0 Å². The number of likely N-dealkylation sites (N-methyl/N-ethyl adjacent to an activating group) is 1. The van der Waals surface area contributed by atoms with E-state index < -0.39 is 0 Å². The molecule has 1 N–H and O–H groups in total. The average Bonchev–Trinajstić information content (AvgIpc) is 2.78. The second kappa shape index (κ2) is 7.82. The summed E-state index contributed by atoms with van der Waals surface area (Å²) in [5, 5.41) is 5.68. The quantitative estimate of drug-likeness (QED) is 0.755. The van der Waals surface area contributed by atoms with E-state index in [1.165, 1.54) is 4.88 Å². The van der Waals surface area contributed by atoms with Gasteiger partial charge in [-0.15, -0.1) is 11.3 Å². The van der Waals surface area contributed by atoms with Gasteiger partial charge in [-0.3, -0.25) is 0 Å². The molecule has 16 heavy (non-hydrogen) atoms. The lowest BCUT2D eigenvalue weighted by Crippen LogP contribution is -2.42. The summed E-state index contributed by atoms with van der Waals surface area (Å²) in [4.78, 5) is 1.43. The van der Waals surface area contributed by atoms with Gasteiger partial charge in [0.25, 0.3) is 0 Å². The van der Waals surface area contributed by atoms with Crippen LogP contribution in [0.1, 0.15) is 32.1 Å². The third-order valence-corrected chi connectivity index (χ3v) is 3.60. The largest absolute Gasteiger partial charge is 0.377 e. The highest BCUT2D eigenvalue weighted by molar-refractivity contribution is 7.09. The zero-order valence-electron chi connectivity index (χ0n) is 10.5. The first-order valence-corrected chi connectivity index (χ1v) is 7.07. The number of thiophene rings is 1. The minimum absolute atomic E-state index is 0.326. The summed E-state index contributed by atoms with van der Waals surface area (Å²) < 4.78 is 5.80. The van der Waals surface area contributed by atoms with Crippen LogP contribution in [0.25, 0.3) is 0 Å². The van der Waals surface area contributed by atoms with E-state index in [4.69, 9.17) is 4.74 Å². The Labute approximate surface area is 103 Å². The zero-order chi connectivity index (χ0) is 11.8. The highest BCUT2D eigenvalue weighted by Gasteiger charge is 2.19. The molecule has 0 aliphatic heterocycles. The molecule has 2 nitrogen and oxygen atoms in total. The Morgan fingerprint density at radius 1 is 1.38 bits per heavy atom. The molecule has 92 valence electrons. The molecule has 0 aliphatic carbocycles. The molecule has 0 spiro atoms. The minimum atomic E-state index is 0.326. The van der Waals surface area contributed by atoms with Crippen LogP contribution in [0.2, 0.25) is 0 Å². The standard InChI is InChI=1S/C13H23NOS/c1-4-13(15-6-3)12(14-5-2)10-11-8-7-9-16-11/h7-9,12-14H,4-6,10H2,1-3H3. The van der Waals surface area contributed by atoms with Crippen molar-refractivity contribution in [2.24, 2.45) is 0 Å². The normalized spacial score (nSPS) is 14.9. The van der Waals surface area contributed by atoms with E-state index in [1.807, 2.05) is 11.3 Å². The van der Waals surface area contributed by atoms with E-state index in [9.17, 15) is 0 Å². The fraction of sp³-hybridized carbons (Fsp3) is 0.692. The van der Waals surface area contributed by atoms with Crippen LogP contribution in [-0.2, 0) is 11.2 Å². The smallest absolute Gasteiger partial charge is 0.0728 e. The first-order valence-electron chi connectivity index (χ1n) is 6.19. The van der Waals surface area contributed by atoms with Crippen molar-refractivity contribution in [1.82, 2.24) is 5.32 Å².